The lowest BCUT2D eigenvalue weighted by Gasteiger charge is -2.22. The highest BCUT2D eigenvalue weighted by molar-refractivity contribution is 5.92. The van der Waals surface area contributed by atoms with Gasteiger partial charge in [-0.3, -0.25) is 4.79 Å². The summed E-state index contributed by atoms with van der Waals surface area (Å²) < 4.78 is 0. The first-order valence-corrected chi connectivity index (χ1v) is 8.14. The normalized spacial score (nSPS) is 19.7. The molecule has 1 amide bonds. The van der Waals surface area contributed by atoms with Gasteiger partial charge < -0.3 is 9.80 Å². The highest BCUT2D eigenvalue weighted by Crippen LogP contribution is 2.18. The highest BCUT2D eigenvalue weighted by atomic mass is 16.2. The van der Waals surface area contributed by atoms with Crippen LogP contribution in [-0.2, 0) is 0 Å². The van der Waals surface area contributed by atoms with Gasteiger partial charge in [0.15, 0.2) is 0 Å². The van der Waals surface area contributed by atoms with E-state index in [1.165, 1.54) is 25.7 Å². The fourth-order valence-electron chi connectivity index (χ4n) is 3.16. The molecule has 3 rings (SSSR count). The molecule has 0 N–H and O–H groups in total. The lowest BCUT2D eigenvalue weighted by atomic mass is 10.2. The number of anilines is 1. The molecule has 3 heterocycles. The molecule has 2 aliphatic heterocycles. The van der Waals surface area contributed by atoms with Gasteiger partial charge in [-0.25, -0.2) is 9.97 Å². The maximum Gasteiger partial charge on any atom is 0.272 e. The second kappa shape index (κ2) is 6.41. The van der Waals surface area contributed by atoms with E-state index in [0.29, 0.717) is 5.69 Å². The van der Waals surface area contributed by atoms with Crippen molar-refractivity contribution in [3.63, 3.8) is 0 Å². The summed E-state index contributed by atoms with van der Waals surface area (Å²) in [5, 5.41) is 0. The predicted molar refractivity (Wildman–Crippen MR) is 82.6 cm³/mol. The van der Waals surface area contributed by atoms with E-state index in [2.05, 4.69) is 14.9 Å². The number of aromatic nitrogens is 2. The lowest BCUT2D eigenvalue weighted by Crippen LogP contribution is -2.31. The number of likely N-dealkylation sites (tertiary alicyclic amines) is 1. The van der Waals surface area contributed by atoms with Gasteiger partial charge in [-0.1, -0.05) is 12.8 Å². The van der Waals surface area contributed by atoms with E-state index in [1.54, 1.807) is 0 Å². The van der Waals surface area contributed by atoms with E-state index >= 15 is 0 Å². The van der Waals surface area contributed by atoms with Crippen LogP contribution >= 0.6 is 0 Å². The molecule has 0 bridgehead atoms. The van der Waals surface area contributed by atoms with Gasteiger partial charge in [0, 0.05) is 31.9 Å². The van der Waals surface area contributed by atoms with Crippen LogP contribution in [0, 0.1) is 6.92 Å². The van der Waals surface area contributed by atoms with Crippen LogP contribution in [0.4, 0.5) is 5.95 Å². The Morgan fingerprint density at radius 3 is 2.24 bits per heavy atom. The Labute approximate surface area is 126 Å². The Balaban J connectivity index is 1.83. The topological polar surface area (TPSA) is 49.3 Å². The van der Waals surface area contributed by atoms with Gasteiger partial charge in [-0.15, -0.1) is 0 Å². The van der Waals surface area contributed by atoms with Gasteiger partial charge in [0.05, 0.1) is 0 Å². The summed E-state index contributed by atoms with van der Waals surface area (Å²) in [5.74, 6) is 0.800. The van der Waals surface area contributed by atoms with Crippen molar-refractivity contribution < 1.29 is 4.79 Å². The van der Waals surface area contributed by atoms with Crippen LogP contribution < -0.4 is 4.90 Å². The zero-order valence-corrected chi connectivity index (χ0v) is 12.8. The molecule has 5 nitrogen and oxygen atoms in total. The first-order chi connectivity index (χ1) is 10.2. The molecule has 1 aromatic rings. The molecule has 0 aliphatic carbocycles. The van der Waals surface area contributed by atoms with Crippen LogP contribution in [0.25, 0.3) is 0 Å². The number of nitrogens with zero attached hydrogens (tertiary/aromatic N) is 4. The Bertz CT molecular complexity index is 503. The third kappa shape index (κ3) is 3.34. The molecule has 0 unspecified atom stereocenters. The van der Waals surface area contributed by atoms with Crippen LogP contribution in [0.3, 0.4) is 0 Å². The Hall–Kier alpha value is -1.65. The van der Waals surface area contributed by atoms with Crippen molar-refractivity contribution in [1.29, 1.82) is 0 Å². The third-order valence-corrected chi connectivity index (χ3v) is 4.34. The van der Waals surface area contributed by atoms with Crippen LogP contribution in [0.15, 0.2) is 6.07 Å². The first kappa shape index (κ1) is 14.3. The number of aryl methyl sites for hydroxylation is 1. The van der Waals surface area contributed by atoms with E-state index in [9.17, 15) is 4.79 Å². The molecule has 0 spiro atoms. The van der Waals surface area contributed by atoms with Crippen molar-refractivity contribution in [3.05, 3.63) is 17.5 Å². The predicted octanol–water partition coefficient (Wildman–Crippen LogP) is 2.40. The molecule has 0 radical (unpaired) electrons. The van der Waals surface area contributed by atoms with Crippen LogP contribution in [0.2, 0.25) is 0 Å². The molecular weight excluding hydrogens is 264 g/mol. The van der Waals surface area contributed by atoms with E-state index in [4.69, 9.17) is 0 Å². The number of carbonyl (C=O) groups excluding carboxylic acids is 1. The molecule has 0 atom stereocenters. The third-order valence-electron chi connectivity index (χ3n) is 4.34. The quantitative estimate of drug-likeness (QED) is 0.838. The van der Waals surface area contributed by atoms with Crippen LogP contribution in [-0.4, -0.2) is 47.0 Å². The fraction of sp³-hybridized carbons (Fsp3) is 0.688. The van der Waals surface area contributed by atoms with Crippen molar-refractivity contribution in [2.45, 2.75) is 45.4 Å². The number of amides is 1. The summed E-state index contributed by atoms with van der Waals surface area (Å²) in [5.41, 5.74) is 1.44. The number of rotatable bonds is 2. The van der Waals surface area contributed by atoms with E-state index in [0.717, 1.165) is 50.7 Å². The minimum absolute atomic E-state index is 0.0640. The van der Waals surface area contributed by atoms with Gasteiger partial charge in [0.1, 0.15) is 5.69 Å². The summed E-state index contributed by atoms with van der Waals surface area (Å²) in [6.07, 6.45) is 7.15. The van der Waals surface area contributed by atoms with Crippen LogP contribution in [0.5, 0.6) is 0 Å². The Morgan fingerprint density at radius 2 is 1.57 bits per heavy atom. The average molecular weight is 288 g/mol. The average Bonchev–Trinajstić information content (AvgIpc) is 2.88. The molecule has 5 heteroatoms. The van der Waals surface area contributed by atoms with E-state index in [-0.39, 0.29) is 5.91 Å². The van der Waals surface area contributed by atoms with Crippen molar-refractivity contribution >= 4 is 11.9 Å². The Morgan fingerprint density at radius 1 is 0.952 bits per heavy atom. The van der Waals surface area contributed by atoms with Gasteiger partial charge in [-0.05, 0) is 38.7 Å². The van der Waals surface area contributed by atoms with Gasteiger partial charge >= 0.3 is 0 Å². The molecule has 114 valence electrons. The molecule has 0 saturated carbocycles. The summed E-state index contributed by atoms with van der Waals surface area (Å²) in [7, 11) is 0. The number of hydrogen-bond acceptors (Lipinski definition) is 4. The lowest BCUT2D eigenvalue weighted by molar-refractivity contribution is 0.0787. The number of hydrogen-bond donors (Lipinski definition) is 0. The maximum absolute atomic E-state index is 12.5. The standard InChI is InChI=1S/C16H24N4O/c1-13-12-14(15(21)19-8-6-7-9-19)18-16(17-13)20-10-4-2-3-5-11-20/h12H,2-11H2,1H3. The minimum atomic E-state index is 0.0640. The molecule has 21 heavy (non-hydrogen) atoms. The smallest absolute Gasteiger partial charge is 0.272 e. The van der Waals surface area contributed by atoms with Gasteiger partial charge in [0.25, 0.3) is 5.91 Å². The van der Waals surface area contributed by atoms with Crippen molar-refractivity contribution in [2.24, 2.45) is 0 Å². The molecule has 0 aromatic carbocycles. The SMILES string of the molecule is Cc1cc(C(=O)N2CCCC2)nc(N2CCCCCC2)n1. The molecule has 1 aromatic heterocycles. The van der Waals surface area contributed by atoms with Crippen molar-refractivity contribution in [2.75, 3.05) is 31.1 Å². The molecule has 2 saturated heterocycles. The first-order valence-electron chi connectivity index (χ1n) is 8.14. The Kier molecular flexibility index (Phi) is 4.36. The van der Waals surface area contributed by atoms with Crippen LogP contribution in [0.1, 0.15) is 54.7 Å². The largest absolute Gasteiger partial charge is 0.341 e. The zero-order chi connectivity index (χ0) is 14.7. The minimum Gasteiger partial charge on any atom is -0.341 e. The monoisotopic (exact) mass is 288 g/mol. The van der Waals surface area contributed by atoms with E-state index < -0.39 is 0 Å². The summed E-state index contributed by atoms with van der Waals surface area (Å²) in [6.45, 7) is 5.67. The summed E-state index contributed by atoms with van der Waals surface area (Å²) in [6, 6.07) is 1.82. The zero-order valence-electron chi connectivity index (χ0n) is 12.8. The van der Waals surface area contributed by atoms with Gasteiger partial charge in [0.2, 0.25) is 5.95 Å². The summed E-state index contributed by atoms with van der Waals surface area (Å²) in [4.78, 5) is 25.8. The molecule has 2 aliphatic rings. The second-order valence-corrected chi connectivity index (χ2v) is 6.10. The maximum atomic E-state index is 12.5. The number of carbonyl (C=O) groups is 1. The fourth-order valence-corrected chi connectivity index (χ4v) is 3.16. The molecule has 2 fully saturated rings. The summed E-state index contributed by atoms with van der Waals surface area (Å²) >= 11 is 0. The second-order valence-electron chi connectivity index (χ2n) is 6.10. The van der Waals surface area contributed by atoms with E-state index in [1.807, 2.05) is 17.9 Å². The van der Waals surface area contributed by atoms with Crippen molar-refractivity contribution in [3.8, 4) is 0 Å². The van der Waals surface area contributed by atoms with Gasteiger partial charge in [-0.2, -0.15) is 0 Å². The van der Waals surface area contributed by atoms with Crippen molar-refractivity contribution in [1.82, 2.24) is 14.9 Å². The highest BCUT2D eigenvalue weighted by Gasteiger charge is 2.22. The molecular formula is C16H24N4O.